The predicted molar refractivity (Wildman–Crippen MR) is 128 cm³/mol. The van der Waals surface area contributed by atoms with Gasteiger partial charge in [-0.25, -0.2) is 14.6 Å². The Labute approximate surface area is 200 Å². The van der Waals surface area contributed by atoms with Crippen LogP contribution >= 0.6 is 11.3 Å². The summed E-state index contributed by atoms with van der Waals surface area (Å²) < 4.78 is 6.77. The van der Waals surface area contributed by atoms with Gasteiger partial charge in [0, 0.05) is 24.0 Å². The van der Waals surface area contributed by atoms with E-state index >= 15 is 0 Å². The van der Waals surface area contributed by atoms with E-state index in [1.807, 2.05) is 41.8 Å². The van der Waals surface area contributed by atoms with Crippen LogP contribution in [-0.2, 0) is 11.3 Å². The van der Waals surface area contributed by atoms with Crippen LogP contribution in [0.3, 0.4) is 0 Å². The number of thiazole rings is 1. The van der Waals surface area contributed by atoms with Gasteiger partial charge in [0.25, 0.3) is 0 Å². The lowest BCUT2D eigenvalue weighted by molar-refractivity contribution is -0.125. The van der Waals surface area contributed by atoms with Crippen molar-refractivity contribution in [1.82, 2.24) is 35.3 Å². The van der Waals surface area contributed by atoms with Gasteiger partial charge in [0.2, 0.25) is 5.91 Å². The molecule has 34 heavy (non-hydrogen) atoms. The fourth-order valence-corrected chi connectivity index (χ4v) is 4.74. The highest BCUT2D eigenvalue weighted by atomic mass is 32.1. The Morgan fingerprint density at radius 3 is 2.74 bits per heavy atom. The molecular weight excluding hydrogens is 452 g/mol. The molecule has 3 aromatic heterocycles. The van der Waals surface area contributed by atoms with Gasteiger partial charge in [-0.3, -0.25) is 4.79 Å². The van der Waals surface area contributed by atoms with Crippen LogP contribution in [0.25, 0.3) is 16.4 Å². The maximum Gasteiger partial charge on any atom is 0.225 e. The predicted octanol–water partition coefficient (Wildman–Crippen LogP) is 2.72. The first-order valence-corrected chi connectivity index (χ1v) is 11.9. The van der Waals surface area contributed by atoms with Crippen molar-refractivity contribution in [2.75, 3.05) is 25.1 Å². The quantitative estimate of drug-likeness (QED) is 0.433. The molecule has 1 aliphatic heterocycles. The third-order valence-electron chi connectivity index (χ3n) is 5.74. The lowest BCUT2D eigenvalue weighted by atomic mass is 9.97. The maximum atomic E-state index is 12.9. The van der Waals surface area contributed by atoms with Gasteiger partial charge < -0.3 is 15.0 Å². The molecule has 1 aliphatic rings. The lowest BCUT2D eigenvalue weighted by Crippen LogP contribution is -2.43. The van der Waals surface area contributed by atoms with Crippen molar-refractivity contribution in [3.63, 3.8) is 0 Å². The molecule has 4 aromatic rings. The Morgan fingerprint density at radius 2 is 2.00 bits per heavy atom. The number of amides is 1. The maximum absolute atomic E-state index is 12.9. The molecule has 11 heteroatoms. The van der Waals surface area contributed by atoms with Gasteiger partial charge in [0.05, 0.1) is 25.3 Å². The summed E-state index contributed by atoms with van der Waals surface area (Å²) in [5.41, 5.74) is 1.88. The molecule has 0 aliphatic carbocycles. The second-order valence-corrected chi connectivity index (χ2v) is 8.82. The molecule has 0 bridgehead atoms. The Hall–Kier alpha value is -3.86. The first kappa shape index (κ1) is 22.0. The fraction of sp³-hybridized carbons (Fsp3) is 0.304. The van der Waals surface area contributed by atoms with E-state index in [0.29, 0.717) is 18.9 Å². The summed E-state index contributed by atoms with van der Waals surface area (Å²) in [5.74, 6) is 2.10. The highest BCUT2D eigenvalue weighted by Gasteiger charge is 2.26. The zero-order chi connectivity index (χ0) is 23.3. The Balaban J connectivity index is 1.16. The summed E-state index contributed by atoms with van der Waals surface area (Å²) in [6, 6.07) is 11.6. The monoisotopic (exact) mass is 476 g/mol. The van der Waals surface area contributed by atoms with Crippen LogP contribution in [0, 0.1) is 5.92 Å². The van der Waals surface area contributed by atoms with Crippen molar-refractivity contribution < 1.29 is 9.53 Å². The van der Waals surface area contributed by atoms with Crippen LogP contribution in [0.4, 0.5) is 5.82 Å². The Bertz CT molecular complexity index is 1220. The molecule has 5 rings (SSSR count). The second-order valence-electron chi connectivity index (χ2n) is 7.97. The molecule has 0 radical (unpaired) electrons. The highest BCUT2D eigenvalue weighted by Crippen LogP contribution is 2.26. The normalized spacial score (nSPS) is 15.8. The molecule has 4 heterocycles. The summed E-state index contributed by atoms with van der Waals surface area (Å²) in [7, 11) is 1.65. The van der Waals surface area contributed by atoms with Crippen molar-refractivity contribution in [2.45, 2.75) is 19.4 Å². The molecule has 0 saturated carbocycles. The van der Waals surface area contributed by atoms with Crippen molar-refractivity contribution in [3.05, 3.63) is 60.1 Å². The number of anilines is 1. The van der Waals surface area contributed by atoms with Gasteiger partial charge in [0.15, 0.2) is 11.6 Å². The minimum Gasteiger partial charge on any atom is -0.497 e. The number of aromatic nitrogens is 6. The van der Waals surface area contributed by atoms with E-state index in [1.54, 1.807) is 29.5 Å². The van der Waals surface area contributed by atoms with Gasteiger partial charge in [0.1, 0.15) is 23.4 Å². The number of hydrogen-bond donors (Lipinski definition) is 1. The Morgan fingerprint density at radius 1 is 1.18 bits per heavy atom. The Kier molecular flexibility index (Phi) is 6.43. The zero-order valence-corrected chi connectivity index (χ0v) is 19.5. The topological polar surface area (TPSA) is 111 Å². The number of rotatable bonds is 7. The van der Waals surface area contributed by atoms with E-state index in [9.17, 15) is 4.79 Å². The lowest BCUT2D eigenvalue weighted by Gasteiger charge is -2.32. The molecule has 1 N–H and O–H groups in total. The zero-order valence-electron chi connectivity index (χ0n) is 18.7. The molecule has 174 valence electrons. The standard InChI is InChI=1S/C23H24N8O2S/c1-33-19-6-4-16(5-7-19)23-27-18(13-34-23)11-25-22(32)17-3-2-10-30(12-17)20-8-9-21(29-28-20)31-15-24-14-26-31/h4-9,13-15,17H,2-3,10-12H2,1H3,(H,25,32). The number of carbonyl (C=O) groups is 1. The summed E-state index contributed by atoms with van der Waals surface area (Å²) in [6.45, 7) is 1.87. The number of carbonyl (C=O) groups excluding carboxylic acids is 1. The van der Waals surface area contributed by atoms with Crippen LogP contribution in [0.2, 0.25) is 0 Å². The van der Waals surface area contributed by atoms with Crippen LogP contribution < -0.4 is 15.0 Å². The SMILES string of the molecule is COc1ccc(-c2nc(CNC(=O)C3CCCN(c4ccc(-n5cncn5)nn4)C3)cs2)cc1. The van der Waals surface area contributed by atoms with E-state index in [4.69, 9.17) is 4.74 Å². The largest absolute Gasteiger partial charge is 0.497 e. The minimum atomic E-state index is -0.106. The average Bonchev–Trinajstić information content (AvgIpc) is 3.60. The van der Waals surface area contributed by atoms with E-state index < -0.39 is 0 Å². The number of piperidine rings is 1. The smallest absolute Gasteiger partial charge is 0.225 e. The number of benzene rings is 1. The molecule has 1 saturated heterocycles. The first-order valence-electron chi connectivity index (χ1n) is 11.0. The molecule has 1 unspecified atom stereocenters. The van der Waals surface area contributed by atoms with Gasteiger partial charge in [-0.15, -0.1) is 21.5 Å². The van der Waals surface area contributed by atoms with Crippen LogP contribution in [0.15, 0.2) is 54.4 Å². The third-order valence-corrected chi connectivity index (χ3v) is 6.68. The average molecular weight is 477 g/mol. The van der Waals surface area contributed by atoms with E-state index in [2.05, 4.69) is 35.5 Å². The first-order chi connectivity index (χ1) is 16.7. The van der Waals surface area contributed by atoms with Crippen LogP contribution in [-0.4, -0.2) is 56.1 Å². The van der Waals surface area contributed by atoms with Gasteiger partial charge in [-0.05, 0) is 49.2 Å². The fourth-order valence-electron chi connectivity index (χ4n) is 3.91. The molecule has 1 atom stereocenters. The van der Waals surface area contributed by atoms with E-state index in [0.717, 1.165) is 47.2 Å². The van der Waals surface area contributed by atoms with Crippen LogP contribution in [0.1, 0.15) is 18.5 Å². The van der Waals surface area contributed by atoms with Crippen molar-refractivity contribution in [2.24, 2.45) is 5.92 Å². The van der Waals surface area contributed by atoms with Gasteiger partial charge in [-0.2, -0.15) is 5.10 Å². The highest BCUT2D eigenvalue weighted by molar-refractivity contribution is 7.13. The number of hydrogen-bond acceptors (Lipinski definition) is 9. The van der Waals surface area contributed by atoms with Gasteiger partial charge >= 0.3 is 0 Å². The van der Waals surface area contributed by atoms with Crippen molar-refractivity contribution >= 4 is 23.1 Å². The van der Waals surface area contributed by atoms with Gasteiger partial charge in [-0.1, -0.05) is 0 Å². The summed E-state index contributed by atoms with van der Waals surface area (Å²) in [4.78, 5) is 23.6. The second kappa shape index (κ2) is 9.96. The van der Waals surface area contributed by atoms with Crippen LogP contribution in [0.5, 0.6) is 5.75 Å². The molecule has 1 aromatic carbocycles. The number of nitrogens with one attached hydrogen (secondary N) is 1. The molecule has 0 spiro atoms. The molecular formula is C23H24N8O2S. The minimum absolute atomic E-state index is 0.0379. The van der Waals surface area contributed by atoms with E-state index in [1.165, 1.54) is 6.33 Å². The number of methoxy groups -OCH3 is 1. The van der Waals surface area contributed by atoms with Crippen molar-refractivity contribution in [1.29, 1.82) is 0 Å². The summed E-state index contributed by atoms with van der Waals surface area (Å²) in [5, 5.41) is 18.6. The summed E-state index contributed by atoms with van der Waals surface area (Å²) in [6.07, 6.45) is 4.80. The molecule has 10 nitrogen and oxygen atoms in total. The number of nitrogens with zero attached hydrogens (tertiary/aromatic N) is 7. The molecule has 1 fully saturated rings. The molecule has 1 amide bonds. The number of ether oxygens (including phenoxy) is 1. The third kappa shape index (κ3) is 4.88. The summed E-state index contributed by atoms with van der Waals surface area (Å²) >= 11 is 1.56. The van der Waals surface area contributed by atoms with E-state index in [-0.39, 0.29) is 11.8 Å². The van der Waals surface area contributed by atoms with Crippen molar-refractivity contribution in [3.8, 4) is 22.1 Å².